The molecular formula is C28H26N6O2. The molecule has 8 heteroatoms. The molecule has 0 atom stereocenters. The molecule has 6 rings (SSSR count). The molecule has 0 bridgehead atoms. The lowest BCUT2D eigenvalue weighted by molar-refractivity contribution is 0.415. The van der Waals surface area contributed by atoms with Crippen molar-refractivity contribution >= 4 is 22.7 Å². The molecule has 8 nitrogen and oxygen atoms in total. The number of ether oxygens (including phenoxy) is 1. The Morgan fingerprint density at radius 2 is 1.89 bits per heavy atom. The summed E-state index contributed by atoms with van der Waals surface area (Å²) in [6, 6.07) is 17.7. The summed E-state index contributed by atoms with van der Waals surface area (Å²) in [4.78, 5) is 16.9. The minimum absolute atomic E-state index is 0.154. The molecule has 0 radical (unpaired) electrons. The molecule has 0 saturated heterocycles. The molecule has 3 N–H and O–H groups in total. The molecule has 0 saturated carbocycles. The predicted octanol–water partition coefficient (Wildman–Crippen LogP) is 5.79. The first-order valence-corrected chi connectivity index (χ1v) is 12.0. The summed E-state index contributed by atoms with van der Waals surface area (Å²) in [7, 11) is 1.66. The first kappa shape index (κ1) is 21.9. The third-order valence-corrected chi connectivity index (χ3v) is 6.62. The van der Waals surface area contributed by atoms with Crippen LogP contribution in [-0.4, -0.2) is 31.9 Å². The molecule has 5 aromatic rings. The highest BCUT2D eigenvalue weighted by Gasteiger charge is 2.20. The number of fused-ring (bicyclic) bond motifs is 1. The maximum Gasteiger partial charge on any atom is 0.272 e. The van der Waals surface area contributed by atoms with E-state index in [4.69, 9.17) is 4.74 Å². The third-order valence-electron chi connectivity index (χ3n) is 6.62. The third kappa shape index (κ3) is 4.07. The van der Waals surface area contributed by atoms with E-state index in [1.807, 2.05) is 36.4 Å². The molecular weight excluding hydrogens is 452 g/mol. The zero-order valence-corrected chi connectivity index (χ0v) is 19.9. The number of anilines is 2. The van der Waals surface area contributed by atoms with Crippen LogP contribution in [0.5, 0.6) is 5.75 Å². The van der Waals surface area contributed by atoms with Crippen LogP contribution in [0.25, 0.3) is 33.6 Å². The smallest absolute Gasteiger partial charge is 0.272 e. The van der Waals surface area contributed by atoms with Crippen LogP contribution in [0, 0.1) is 0 Å². The Morgan fingerprint density at radius 3 is 2.61 bits per heavy atom. The van der Waals surface area contributed by atoms with Crippen LogP contribution in [0.4, 0.5) is 11.5 Å². The van der Waals surface area contributed by atoms with Crippen molar-refractivity contribution in [3.63, 3.8) is 0 Å². The van der Waals surface area contributed by atoms with E-state index in [2.05, 4.69) is 43.8 Å². The average Bonchev–Trinajstić information content (AvgIpc) is 3.60. The van der Waals surface area contributed by atoms with Crippen molar-refractivity contribution in [1.82, 2.24) is 24.8 Å². The van der Waals surface area contributed by atoms with E-state index in [1.165, 1.54) is 35.2 Å². The number of nitrogens with zero attached hydrogens (tertiary/aromatic N) is 3. The van der Waals surface area contributed by atoms with Crippen molar-refractivity contribution in [2.45, 2.75) is 25.7 Å². The minimum atomic E-state index is -0.154. The Bertz CT molecular complexity index is 1610. The number of allylic oxidation sites excluding steroid dienone is 2. The number of benzene rings is 2. The van der Waals surface area contributed by atoms with Crippen LogP contribution < -0.4 is 15.6 Å². The number of aromatic nitrogens is 5. The second-order valence-corrected chi connectivity index (χ2v) is 8.89. The minimum Gasteiger partial charge on any atom is -0.497 e. The van der Waals surface area contributed by atoms with E-state index in [-0.39, 0.29) is 5.56 Å². The maximum atomic E-state index is 12.5. The average molecular weight is 479 g/mol. The molecule has 0 aliphatic heterocycles. The van der Waals surface area contributed by atoms with Gasteiger partial charge in [0.05, 0.1) is 19.0 Å². The summed E-state index contributed by atoms with van der Waals surface area (Å²) in [6.07, 6.45) is 10.1. The van der Waals surface area contributed by atoms with Crippen molar-refractivity contribution in [1.29, 1.82) is 0 Å². The fourth-order valence-electron chi connectivity index (χ4n) is 4.83. The second-order valence-electron chi connectivity index (χ2n) is 8.89. The van der Waals surface area contributed by atoms with Crippen molar-refractivity contribution in [2.24, 2.45) is 0 Å². The molecule has 180 valence electrons. The summed E-state index contributed by atoms with van der Waals surface area (Å²) in [6.45, 7) is 0. The Kier molecular flexibility index (Phi) is 5.61. The fourth-order valence-corrected chi connectivity index (χ4v) is 4.83. The Balaban J connectivity index is 1.63. The standard InChI is InChI=1S/C28H26N6O2/c1-36-21-9-7-19(8-10-21)28-22(23-17-26-29-13-12-27(35)34(26)33-23)15-20(18-5-3-2-4-6-18)16-24(28)31-25-11-14-30-32-25/h5,7-17,33H,2-4,6H2,1H3,(H2,30,31,32). The topological polar surface area (TPSA) is 100 Å². The molecule has 0 spiro atoms. The Morgan fingerprint density at radius 1 is 1.00 bits per heavy atom. The van der Waals surface area contributed by atoms with E-state index in [0.29, 0.717) is 5.65 Å². The monoisotopic (exact) mass is 478 g/mol. The Labute approximate surface area is 207 Å². The highest BCUT2D eigenvalue weighted by molar-refractivity contribution is 5.95. The second kappa shape index (κ2) is 9.22. The highest BCUT2D eigenvalue weighted by Crippen LogP contribution is 2.42. The first-order valence-electron chi connectivity index (χ1n) is 12.0. The summed E-state index contributed by atoms with van der Waals surface area (Å²) in [5, 5.41) is 13.9. The molecule has 1 aliphatic rings. The van der Waals surface area contributed by atoms with Crippen LogP contribution in [0.3, 0.4) is 0 Å². The molecule has 3 heterocycles. The van der Waals surface area contributed by atoms with Crippen molar-refractivity contribution in [3.05, 3.63) is 89.0 Å². The van der Waals surface area contributed by atoms with Gasteiger partial charge in [0.15, 0.2) is 5.65 Å². The SMILES string of the molecule is COc1ccc(-c2c(Nc3ccn[nH]3)cc(C3=CCCCC3)cc2-c2cc3nccc(=O)n3[nH]2)cc1. The van der Waals surface area contributed by atoms with Gasteiger partial charge in [-0.3, -0.25) is 15.0 Å². The molecule has 0 unspecified atom stereocenters. The van der Waals surface area contributed by atoms with Crippen molar-refractivity contribution < 1.29 is 4.74 Å². The van der Waals surface area contributed by atoms with Gasteiger partial charge >= 0.3 is 0 Å². The molecule has 0 amide bonds. The van der Waals surface area contributed by atoms with Crippen LogP contribution >= 0.6 is 0 Å². The maximum absolute atomic E-state index is 12.5. The van der Waals surface area contributed by atoms with Gasteiger partial charge in [0.1, 0.15) is 11.6 Å². The van der Waals surface area contributed by atoms with E-state index in [1.54, 1.807) is 13.3 Å². The van der Waals surface area contributed by atoms with E-state index in [9.17, 15) is 4.79 Å². The van der Waals surface area contributed by atoms with E-state index >= 15 is 0 Å². The number of nitrogens with one attached hydrogen (secondary N) is 3. The summed E-state index contributed by atoms with van der Waals surface area (Å²) in [5.41, 5.74) is 7.62. The van der Waals surface area contributed by atoms with Gasteiger partial charge < -0.3 is 10.1 Å². The lowest BCUT2D eigenvalue weighted by Gasteiger charge is -2.20. The van der Waals surface area contributed by atoms with E-state index in [0.717, 1.165) is 58.0 Å². The first-order chi connectivity index (χ1) is 17.7. The van der Waals surface area contributed by atoms with E-state index < -0.39 is 0 Å². The summed E-state index contributed by atoms with van der Waals surface area (Å²) < 4.78 is 6.87. The van der Waals surface area contributed by atoms with Gasteiger partial charge in [-0.05, 0) is 66.6 Å². The van der Waals surface area contributed by atoms with Crippen molar-refractivity contribution in [2.75, 3.05) is 12.4 Å². The van der Waals surface area contributed by atoms with Gasteiger partial charge in [-0.25, -0.2) is 9.50 Å². The largest absolute Gasteiger partial charge is 0.497 e. The highest BCUT2D eigenvalue weighted by atomic mass is 16.5. The fraction of sp³-hybridized carbons (Fsp3) is 0.179. The molecule has 2 aromatic carbocycles. The number of methoxy groups -OCH3 is 1. The van der Waals surface area contributed by atoms with Gasteiger partial charge in [-0.1, -0.05) is 18.2 Å². The zero-order valence-electron chi connectivity index (χ0n) is 19.9. The van der Waals surface area contributed by atoms with Crippen molar-refractivity contribution in [3.8, 4) is 28.1 Å². The molecule has 36 heavy (non-hydrogen) atoms. The normalized spacial score (nSPS) is 13.5. The summed E-state index contributed by atoms with van der Waals surface area (Å²) >= 11 is 0. The number of hydrogen-bond donors (Lipinski definition) is 3. The van der Waals surface area contributed by atoms with Gasteiger partial charge in [-0.15, -0.1) is 0 Å². The van der Waals surface area contributed by atoms with Crippen LogP contribution in [0.15, 0.2) is 77.9 Å². The van der Waals surface area contributed by atoms with Gasteiger partial charge in [0, 0.05) is 41.2 Å². The predicted molar refractivity (Wildman–Crippen MR) is 142 cm³/mol. The van der Waals surface area contributed by atoms with Gasteiger partial charge in [0.2, 0.25) is 0 Å². The Hall–Kier alpha value is -4.59. The summed E-state index contributed by atoms with van der Waals surface area (Å²) in [5.74, 6) is 1.58. The number of H-pyrrole nitrogens is 2. The number of hydrogen-bond acceptors (Lipinski definition) is 5. The van der Waals surface area contributed by atoms with Gasteiger partial charge in [0.25, 0.3) is 5.56 Å². The lowest BCUT2D eigenvalue weighted by Crippen LogP contribution is -2.12. The molecule has 0 fully saturated rings. The quantitative estimate of drug-likeness (QED) is 0.287. The lowest BCUT2D eigenvalue weighted by atomic mass is 9.88. The van der Waals surface area contributed by atoms with Gasteiger partial charge in [-0.2, -0.15) is 5.10 Å². The zero-order chi connectivity index (χ0) is 24.5. The van der Waals surface area contributed by atoms with Crippen LogP contribution in [0.2, 0.25) is 0 Å². The number of aromatic amines is 2. The van der Waals surface area contributed by atoms with Crippen LogP contribution in [-0.2, 0) is 0 Å². The van der Waals surface area contributed by atoms with Crippen LogP contribution in [0.1, 0.15) is 31.2 Å². The molecule has 1 aliphatic carbocycles. The molecule has 3 aromatic heterocycles. The number of rotatable bonds is 6.